The van der Waals surface area contributed by atoms with Crippen molar-refractivity contribution in [3.8, 4) is 0 Å². The number of hydrogen-bond acceptors (Lipinski definition) is 3. The van der Waals surface area contributed by atoms with Crippen LogP contribution in [0.15, 0.2) is 0 Å². The minimum atomic E-state index is 0.288. The highest BCUT2D eigenvalue weighted by Crippen LogP contribution is 2.09. The Kier molecular flexibility index (Phi) is 3.12. The Balaban J connectivity index is 1.91. The molecule has 1 fully saturated rings. The second-order valence-electron chi connectivity index (χ2n) is 2.79. The third-order valence-electron chi connectivity index (χ3n) is 1.62. The Labute approximate surface area is 61.6 Å². The summed E-state index contributed by atoms with van der Waals surface area (Å²) in [6.45, 7) is 3.19. The first kappa shape index (κ1) is 7.98. The molecular weight excluding hydrogens is 130 g/mol. The number of epoxide rings is 1. The lowest BCUT2D eigenvalue weighted by Gasteiger charge is -2.13. The molecule has 1 rings (SSSR count). The highest BCUT2D eigenvalue weighted by Gasteiger charge is 2.23. The standard InChI is InChI=1S/C7H15NO2/c1-8(3-2-4-9)5-7-6-10-7/h7,9H,2-6H2,1H3/t7-/m0/s1. The van der Waals surface area contributed by atoms with E-state index >= 15 is 0 Å². The number of rotatable bonds is 5. The van der Waals surface area contributed by atoms with E-state index in [9.17, 15) is 0 Å². The van der Waals surface area contributed by atoms with Crippen molar-refractivity contribution in [1.29, 1.82) is 0 Å². The molecule has 0 spiro atoms. The van der Waals surface area contributed by atoms with E-state index in [1.165, 1.54) is 0 Å². The van der Waals surface area contributed by atoms with Crippen molar-refractivity contribution in [3.05, 3.63) is 0 Å². The molecule has 1 saturated heterocycles. The van der Waals surface area contributed by atoms with Crippen LogP contribution in [0.2, 0.25) is 0 Å². The van der Waals surface area contributed by atoms with Gasteiger partial charge in [0.25, 0.3) is 0 Å². The van der Waals surface area contributed by atoms with E-state index in [1.54, 1.807) is 0 Å². The van der Waals surface area contributed by atoms with Gasteiger partial charge in [0.15, 0.2) is 0 Å². The van der Waals surface area contributed by atoms with Crippen molar-refractivity contribution in [3.63, 3.8) is 0 Å². The molecule has 1 heterocycles. The van der Waals surface area contributed by atoms with E-state index in [0.717, 1.165) is 26.1 Å². The predicted octanol–water partition coefficient (Wildman–Crippen LogP) is -0.301. The van der Waals surface area contributed by atoms with Gasteiger partial charge in [-0.25, -0.2) is 0 Å². The van der Waals surface area contributed by atoms with Gasteiger partial charge in [0.1, 0.15) is 0 Å². The van der Waals surface area contributed by atoms with E-state index in [2.05, 4.69) is 11.9 Å². The Morgan fingerprint density at radius 1 is 1.70 bits per heavy atom. The molecule has 3 heteroatoms. The van der Waals surface area contributed by atoms with Crippen LogP contribution in [0.5, 0.6) is 0 Å². The molecule has 0 aromatic carbocycles. The number of nitrogens with zero attached hydrogens (tertiary/aromatic N) is 1. The molecule has 0 saturated carbocycles. The van der Waals surface area contributed by atoms with Crippen LogP contribution in [0.1, 0.15) is 6.42 Å². The van der Waals surface area contributed by atoms with Crippen LogP contribution in [0.4, 0.5) is 0 Å². The lowest BCUT2D eigenvalue weighted by atomic mass is 10.4. The number of hydrogen-bond donors (Lipinski definition) is 1. The van der Waals surface area contributed by atoms with Gasteiger partial charge in [0, 0.05) is 19.7 Å². The zero-order chi connectivity index (χ0) is 7.40. The summed E-state index contributed by atoms with van der Waals surface area (Å²) < 4.78 is 5.05. The Morgan fingerprint density at radius 2 is 2.40 bits per heavy atom. The van der Waals surface area contributed by atoms with Crippen molar-refractivity contribution >= 4 is 0 Å². The summed E-state index contributed by atoms with van der Waals surface area (Å²) >= 11 is 0. The highest BCUT2D eigenvalue weighted by molar-refractivity contribution is 4.72. The smallest absolute Gasteiger partial charge is 0.0936 e. The van der Waals surface area contributed by atoms with Gasteiger partial charge >= 0.3 is 0 Å². The van der Waals surface area contributed by atoms with Gasteiger partial charge in [-0.3, -0.25) is 0 Å². The SMILES string of the molecule is CN(CCCO)C[C@H]1CO1. The maximum atomic E-state index is 8.51. The second-order valence-corrected chi connectivity index (χ2v) is 2.79. The average Bonchev–Trinajstić information content (AvgIpc) is 2.67. The molecule has 0 unspecified atom stereocenters. The van der Waals surface area contributed by atoms with Crippen LogP contribution >= 0.6 is 0 Å². The summed E-state index contributed by atoms with van der Waals surface area (Å²) in [5.41, 5.74) is 0. The van der Waals surface area contributed by atoms with Crippen molar-refractivity contribution in [1.82, 2.24) is 4.90 Å². The van der Waals surface area contributed by atoms with Gasteiger partial charge in [0.05, 0.1) is 12.7 Å². The van der Waals surface area contributed by atoms with E-state index in [4.69, 9.17) is 9.84 Å². The molecule has 0 bridgehead atoms. The maximum Gasteiger partial charge on any atom is 0.0936 e. The molecule has 0 aromatic heterocycles. The summed E-state index contributed by atoms with van der Waals surface area (Å²) in [6, 6.07) is 0. The van der Waals surface area contributed by atoms with Gasteiger partial charge in [-0.1, -0.05) is 0 Å². The minimum Gasteiger partial charge on any atom is -0.396 e. The number of likely N-dealkylation sites (N-methyl/N-ethyl adjacent to an activating group) is 1. The molecule has 60 valence electrons. The average molecular weight is 145 g/mol. The fourth-order valence-corrected chi connectivity index (χ4v) is 0.953. The zero-order valence-electron chi connectivity index (χ0n) is 6.42. The second kappa shape index (κ2) is 3.91. The fraction of sp³-hybridized carbons (Fsp3) is 1.00. The van der Waals surface area contributed by atoms with Gasteiger partial charge in [-0.15, -0.1) is 0 Å². The van der Waals surface area contributed by atoms with Crippen LogP contribution in [0, 0.1) is 0 Å². The Morgan fingerprint density at radius 3 is 2.90 bits per heavy atom. The van der Waals surface area contributed by atoms with Gasteiger partial charge in [-0.05, 0) is 13.5 Å². The first-order chi connectivity index (χ1) is 4.83. The Hall–Kier alpha value is -0.120. The minimum absolute atomic E-state index is 0.288. The molecule has 1 aliphatic rings. The predicted molar refractivity (Wildman–Crippen MR) is 38.9 cm³/mol. The number of aliphatic hydroxyl groups excluding tert-OH is 1. The molecule has 1 aliphatic heterocycles. The summed E-state index contributed by atoms with van der Waals surface area (Å²) in [7, 11) is 2.05. The van der Waals surface area contributed by atoms with Crippen LogP contribution in [0.3, 0.4) is 0 Å². The molecule has 0 radical (unpaired) electrons. The van der Waals surface area contributed by atoms with Gasteiger partial charge < -0.3 is 14.7 Å². The quantitative estimate of drug-likeness (QED) is 0.539. The first-order valence-electron chi connectivity index (χ1n) is 3.74. The summed E-state index contributed by atoms with van der Waals surface area (Å²) in [6.07, 6.45) is 1.34. The van der Waals surface area contributed by atoms with Crippen LogP contribution in [0.25, 0.3) is 0 Å². The number of aliphatic hydroxyl groups is 1. The molecule has 0 amide bonds. The summed E-state index contributed by atoms with van der Waals surface area (Å²) in [4.78, 5) is 2.19. The molecule has 1 atom stereocenters. The van der Waals surface area contributed by atoms with Crippen LogP contribution < -0.4 is 0 Å². The maximum absolute atomic E-state index is 8.51. The van der Waals surface area contributed by atoms with E-state index < -0.39 is 0 Å². The fourth-order valence-electron chi connectivity index (χ4n) is 0.953. The molecule has 0 aromatic rings. The van der Waals surface area contributed by atoms with E-state index in [-0.39, 0.29) is 6.61 Å². The normalized spacial score (nSPS) is 23.7. The third-order valence-corrected chi connectivity index (χ3v) is 1.62. The van der Waals surface area contributed by atoms with Crippen molar-refractivity contribution in [2.75, 3.05) is 33.4 Å². The molecule has 0 aliphatic carbocycles. The largest absolute Gasteiger partial charge is 0.396 e. The lowest BCUT2D eigenvalue weighted by molar-refractivity contribution is 0.235. The van der Waals surface area contributed by atoms with Crippen LogP contribution in [-0.2, 0) is 4.74 Å². The third kappa shape index (κ3) is 3.15. The topological polar surface area (TPSA) is 36.0 Å². The zero-order valence-corrected chi connectivity index (χ0v) is 6.42. The van der Waals surface area contributed by atoms with Crippen molar-refractivity contribution in [2.45, 2.75) is 12.5 Å². The van der Waals surface area contributed by atoms with Crippen LogP contribution in [-0.4, -0.2) is 49.5 Å². The van der Waals surface area contributed by atoms with Crippen molar-refractivity contribution < 1.29 is 9.84 Å². The van der Waals surface area contributed by atoms with Crippen molar-refractivity contribution in [2.24, 2.45) is 0 Å². The van der Waals surface area contributed by atoms with E-state index in [1.807, 2.05) is 0 Å². The van der Waals surface area contributed by atoms with Gasteiger partial charge in [0.2, 0.25) is 0 Å². The van der Waals surface area contributed by atoms with Gasteiger partial charge in [-0.2, -0.15) is 0 Å². The lowest BCUT2D eigenvalue weighted by Crippen LogP contribution is -2.24. The molecular formula is C7H15NO2. The first-order valence-corrected chi connectivity index (χ1v) is 3.74. The molecule has 10 heavy (non-hydrogen) atoms. The number of ether oxygens (including phenoxy) is 1. The molecule has 1 N–H and O–H groups in total. The molecule has 3 nitrogen and oxygen atoms in total. The summed E-state index contributed by atoms with van der Waals surface area (Å²) in [5.74, 6) is 0. The Bertz CT molecular complexity index is 93.6. The monoisotopic (exact) mass is 145 g/mol. The highest BCUT2D eigenvalue weighted by atomic mass is 16.6. The summed E-state index contributed by atoms with van der Waals surface area (Å²) in [5, 5.41) is 8.51. The van der Waals surface area contributed by atoms with E-state index in [0.29, 0.717) is 6.10 Å².